The number of benzene rings is 1. The number of carbonyl (C=O) groups is 1. The monoisotopic (exact) mass is 243 g/mol. The Morgan fingerprint density at radius 2 is 2.22 bits per heavy atom. The second-order valence-electron chi connectivity index (χ2n) is 4.40. The van der Waals surface area contributed by atoms with Gasteiger partial charge in [-0.15, -0.1) is 0 Å². The number of hydrogen-bond acceptors (Lipinski definition) is 3. The molecule has 1 unspecified atom stereocenters. The van der Waals surface area contributed by atoms with Gasteiger partial charge in [-0.3, -0.25) is 9.78 Å². The summed E-state index contributed by atoms with van der Waals surface area (Å²) in [6.45, 7) is 2.52. The highest BCUT2D eigenvalue weighted by Crippen LogP contribution is 2.16. The van der Waals surface area contributed by atoms with Gasteiger partial charge in [-0.05, 0) is 31.5 Å². The van der Waals surface area contributed by atoms with Crippen LogP contribution in [0.25, 0.3) is 10.9 Å². The maximum absolute atomic E-state index is 12.1. The molecule has 1 heterocycles. The minimum absolute atomic E-state index is 0.0748. The Kier molecular flexibility index (Phi) is 3.89. The van der Waals surface area contributed by atoms with Crippen molar-refractivity contribution >= 4 is 16.8 Å². The lowest BCUT2D eigenvalue weighted by molar-refractivity contribution is 0.0954. The van der Waals surface area contributed by atoms with E-state index in [1.807, 2.05) is 37.3 Å². The van der Waals surface area contributed by atoms with Crippen LogP contribution in [0, 0.1) is 0 Å². The maximum Gasteiger partial charge on any atom is 0.251 e. The topological polar surface area (TPSA) is 68.0 Å². The first kappa shape index (κ1) is 12.5. The van der Waals surface area contributed by atoms with Crippen molar-refractivity contribution in [3.63, 3.8) is 0 Å². The van der Waals surface area contributed by atoms with Gasteiger partial charge in [0.15, 0.2) is 0 Å². The molecule has 18 heavy (non-hydrogen) atoms. The van der Waals surface area contributed by atoms with Crippen molar-refractivity contribution in [2.45, 2.75) is 19.4 Å². The molecule has 0 radical (unpaired) electrons. The summed E-state index contributed by atoms with van der Waals surface area (Å²) in [6, 6.07) is 9.39. The van der Waals surface area contributed by atoms with Crippen molar-refractivity contribution in [2.24, 2.45) is 5.73 Å². The highest BCUT2D eigenvalue weighted by Gasteiger charge is 2.09. The molecule has 94 valence electrons. The SMILES string of the molecule is CC(N)CCNC(=O)c1cccc2ncccc12. The first-order chi connectivity index (χ1) is 8.68. The van der Waals surface area contributed by atoms with Crippen molar-refractivity contribution in [2.75, 3.05) is 6.54 Å². The summed E-state index contributed by atoms with van der Waals surface area (Å²) in [6.07, 6.45) is 2.49. The van der Waals surface area contributed by atoms with Crippen LogP contribution in [0.3, 0.4) is 0 Å². The highest BCUT2D eigenvalue weighted by molar-refractivity contribution is 6.06. The zero-order valence-corrected chi connectivity index (χ0v) is 10.4. The second kappa shape index (κ2) is 5.60. The van der Waals surface area contributed by atoms with Crippen LogP contribution in [-0.2, 0) is 0 Å². The Bertz CT molecular complexity index is 546. The molecule has 1 atom stereocenters. The normalized spacial score (nSPS) is 12.3. The van der Waals surface area contributed by atoms with Gasteiger partial charge < -0.3 is 11.1 Å². The number of aromatic nitrogens is 1. The summed E-state index contributed by atoms with van der Waals surface area (Å²) in [7, 11) is 0. The predicted octanol–water partition coefficient (Wildman–Crippen LogP) is 1.70. The van der Waals surface area contributed by atoms with E-state index < -0.39 is 0 Å². The zero-order chi connectivity index (χ0) is 13.0. The van der Waals surface area contributed by atoms with Crippen molar-refractivity contribution in [3.8, 4) is 0 Å². The fourth-order valence-electron chi connectivity index (χ4n) is 1.81. The number of pyridine rings is 1. The van der Waals surface area contributed by atoms with Gasteiger partial charge in [0.1, 0.15) is 0 Å². The van der Waals surface area contributed by atoms with E-state index in [4.69, 9.17) is 5.73 Å². The van der Waals surface area contributed by atoms with E-state index in [2.05, 4.69) is 10.3 Å². The Balaban J connectivity index is 2.17. The van der Waals surface area contributed by atoms with Crippen LogP contribution in [0.15, 0.2) is 36.5 Å². The lowest BCUT2D eigenvalue weighted by Gasteiger charge is -2.09. The largest absolute Gasteiger partial charge is 0.352 e. The number of fused-ring (bicyclic) bond motifs is 1. The standard InChI is InChI=1S/C14H17N3O/c1-10(15)7-9-17-14(18)12-4-2-6-13-11(12)5-3-8-16-13/h2-6,8,10H,7,9,15H2,1H3,(H,17,18). The fourth-order valence-corrected chi connectivity index (χ4v) is 1.81. The molecule has 1 aromatic carbocycles. The average Bonchev–Trinajstić information content (AvgIpc) is 2.37. The second-order valence-corrected chi connectivity index (χ2v) is 4.40. The van der Waals surface area contributed by atoms with Gasteiger partial charge in [0.05, 0.1) is 5.52 Å². The van der Waals surface area contributed by atoms with Crippen molar-refractivity contribution < 1.29 is 4.79 Å². The summed E-state index contributed by atoms with van der Waals surface area (Å²) in [5.74, 6) is -0.0748. The van der Waals surface area contributed by atoms with Gasteiger partial charge in [0.2, 0.25) is 0 Å². The van der Waals surface area contributed by atoms with Crippen molar-refractivity contribution in [3.05, 3.63) is 42.1 Å². The van der Waals surface area contributed by atoms with E-state index in [0.717, 1.165) is 17.3 Å². The molecule has 0 aliphatic carbocycles. The third kappa shape index (κ3) is 2.84. The molecular weight excluding hydrogens is 226 g/mol. The minimum atomic E-state index is -0.0748. The predicted molar refractivity (Wildman–Crippen MR) is 72.3 cm³/mol. The zero-order valence-electron chi connectivity index (χ0n) is 10.4. The van der Waals surface area contributed by atoms with Gasteiger partial charge in [-0.1, -0.05) is 12.1 Å². The van der Waals surface area contributed by atoms with E-state index in [1.54, 1.807) is 6.20 Å². The molecule has 0 saturated heterocycles. The molecule has 0 saturated carbocycles. The average molecular weight is 243 g/mol. The molecular formula is C14H17N3O. The third-order valence-corrected chi connectivity index (χ3v) is 2.78. The summed E-state index contributed by atoms with van der Waals surface area (Å²) in [5.41, 5.74) is 7.14. The number of carbonyl (C=O) groups excluding carboxylic acids is 1. The maximum atomic E-state index is 12.1. The Morgan fingerprint density at radius 3 is 3.00 bits per heavy atom. The fraction of sp³-hybridized carbons (Fsp3) is 0.286. The molecule has 3 N–H and O–H groups in total. The summed E-state index contributed by atoms with van der Waals surface area (Å²) >= 11 is 0. The van der Waals surface area contributed by atoms with Gasteiger partial charge in [0, 0.05) is 29.7 Å². The van der Waals surface area contributed by atoms with Gasteiger partial charge in [0.25, 0.3) is 5.91 Å². The molecule has 4 nitrogen and oxygen atoms in total. The first-order valence-corrected chi connectivity index (χ1v) is 6.06. The van der Waals surface area contributed by atoms with E-state index in [9.17, 15) is 4.79 Å². The number of nitrogens with zero attached hydrogens (tertiary/aromatic N) is 1. The third-order valence-electron chi connectivity index (χ3n) is 2.78. The Hall–Kier alpha value is -1.94. The van der Waals surface area contributed by atoms with Crippen LogP contribution < -0.4 is 11.1 Å². The molecule has 1 aromatic heterocycles. The molecule has 1 amide bonds. The van der Waals surface area contributed by atoms with Crippen LogP contribution >= 0.6 is 0 Å². The van der Waals surface area contributed by atoms with Gasteiger partial charge in [-0.25, -0.2) is 0 Å². The minimum Gasteiger partial charge on any atom is -0.352 e. The number of hydrogen-bond donors (Lipinski definition) is 2. The van der Waals surface area contributed by atoms with Gasteiger partial charge in [-0.2, -0.15) is 0 Å². The Labute approximate surface area is 106 Å². The van der Waals surface area contributed by atoms with Gasteiger partial charge >= 0.3 is 0 Å². The number of amides is 1. The van der Waals surface area contributed by atoms with E-state index in [1.165, 1.54) is 0 Å². The first-order valence-electron chi connectivity index (χ1n) is 6.06. The molecule has 0 aliphatic rings. The number of rotatable bonds is 4. The van der Waals surface area contributed by atoms with Crippen LogP contribution in [-0.4, -0.2) is 23.5 Å². The van der Waals surface area contributed by atoms with E-state index >= 15 is 0 Å². The molecule has 0 fully saturated rings. The van der Waals surface area contributed by atoms with Crippen LogP contribution in [0.5, 0.6) is 0 Å². The van der Waals surface area contributed by atoms with E-state index in [-0.39, 0.29) is 11.9 Å². The summed E-state index contributed by atoms with van der Waals surface area (Å²) in [4.78, 5) is 16.3. The molecule has 2 aromatic rings. The molecule has 0 bridgehead atoms. The Morgan fingerprint density at radius 1 is 1.39 bits per heavy atom. The molecule has 0 spiro atoms. The van der Waals surface area contributed by atoms with Crippen LogP contribution in [0.4, 0.5) is 0 Å². The quantitative estimate of drug-likeness (QED) is 0.858. The van der Waals surface area contributed by atoms with E-state index in [0.29, 0.717) is 12.1 Å². The lowest BCUT2D eigenvalue weighted by Crippen LogP contribution is -2.29. The number of nitrogens with one attached hydrogen (secondary N) is 1. The molecule has 0 aliphatic heterocycles. The van der Waals surface area contributed by atoms with Crippen molar-refractivity contribution in [1.29, 1.82) is 0 Å². The summed E-state index contributed by atoms with van der Waals surface area (Å²) in [5, 5.41) is 3.75. The lowest BCUT2D eigenvalue weighted by atomic mass is 10.1. The smallest absolute Gasteiger partial charge is 0.251 e. The molecule has 4 heteroatoms. The number of nitrogens with two attached hydrogens (primary N) is 1. The van der Waals surface area contributed by atoms with Crippen LogP contribution in [0.2, 0.25) is 0 Å². The highest BCUT2D eigenvalue weighted by atomic mass is 16.1. The van der Waals surface area contributed by atoms with Crippen LogP contribution in [0.1, 0.15) is 23.7 Å². The van der Waals surface area contributed by atoms with Crippen molar-refractivity contribution in [1.82, 2.24) is 10.3 Å². The molecule has 2 rings (SSSR count). The summed E-state index contributed by atoms with van der Waals surface area (Å²) < 4.78 is 0.